The Balaban J connectivity index is 0.000000148. The van der Waals surface area contributed by atoms with Gasteiger partial charge in [0.05, 0.1) is 0 Å². The second kappa shape index (κ2) is 2.73. The molecule has 3 nitrogen and oxygen atoms in total. The van der Waals surface area contributed by atoms with Gasteiger partial charge in [-0.1, -0.05) is 12.1 Å². The fourth-order valence-corrected chi connectivity index (χ4v) is 0.769. The monoisotopic (exact) mass is 137 g/mol. The van der Waals surface area contributed by atoms with Crippen LogP contribution in [0.3, 0.4) is 0 Å². The molecule has 1 radical (unpaired) electrons. The van der Waals surface area contributed by atoms with Crippen LogP contribution in [0.1, 0.15) is 0 Å². The van der Waals surface area contributed by atoms with Crippen LogP contribution in [0.4, 0.5) is 0 Å². The lowest BCUT2D eigenvalue weighted by atomic mass is 9.93. The molecule has 0 unspecified atom stereocenters. The Morgan fingerprint density at radius 2 is 1.80 bits per heavy atom. The number of fused-ring (bicyclic) bond motifs is 1. The molecular weight excluding hydrogens is 131 g/mol. The Labute approximate surface area is 58.9 Å². The summed E-state index contributed by atoms with van der Waals surface area (Å²) in [6.45, 7) is 0. The van der Waals surface area contributed by atoms with E-state index in [1.807, 2.05) is 12.1 Å². The summed E-state index contributed by atoms with van der Waals surface area (Å²) in [4.78, 5) is 0. The van der Waals surface area contributed by atoms with E-state index in [-0.39, 0.29) is 7.69 Å². The third-order valence-electron chi connectivity index (χ3n) is 1.31. The molecule has 0 saturated heterocycles. The standard InChI is InChI=1S/C6H4O.BH2O2/c7-6-3-4-1-2-5(4)6;2-1-3/h1-3,7H;2-3H. The second-order valence-electron chi connectivity index (χ2n) is 1.85. The molecule has 2 rings (SSSR count). The van der Waals surface area contributed by atoms with Gasteiger partial charge in [0.1, 0.15) is 5.75 Å². The number of benzene rings is 1. The fourth-order valence-electron chi connectivity index (χ4n) is 0.769. The average molecular weight is 137 g/mol. The van der Waals surface area contributed by atoms with Gasteiger partial charge in [0.25, 0.3) is 0 Å². The van der Waals surface area contributed by atoms with Crippen LogP contribution in [0.2, 0.25) is 0 Å². The van der Waals surface area contributed by atoms with Crippen molar-refractivity contribution >= 4 is 7.69 Å². The quantitative estimate of drug-likeness (QED) is 0.443. The van der Waals surface area contributed by atoms with E-state index in [0.717, 1.165) is 5.56 Å². The van der Waals surface area contributed by atoms with Gasteiger partial charge in [-0.2, -0.15) is 0 Å². The van der Waals surface area contributed by atoms with Crippen molar-refractivity contribution in [1.82, 2.24) is 0 Å². The van der Waals surface area contributed by atoms with Gasteiger partial charge in [0.2, 0.25) is 0 Å². The summed E-state index contributed by atoms with van der Waals surface area (Å²) in [6, 6.07) is 5.65. The number of hydrogen-bond donors (Lipinski definition) is 3. The molecule has 4 heteroatoms. The highest BCUT2D eigenvalue weighted by Crippen LogP contribution is 2.41. The molecule has 0 aliphatic heterocycles. The summed E-state index contributed by atoms with van der Waals surface area (Å²) in [6.07, 6.45) is 0. The predicted octanol–water partition coefficient (Wildman–Crippen LogP) is -0.122. The van der Waals surface area contributed by atoms with Gasteiger partial charge in [-0.3, -0.25) is 0 Å². The number of hydrogen-bond acceptors (Lipinski definition) is 3. The van der Waals surface area contributed by atoms with Gasteiger partial charge in [0, 0.05) is 5.56 Å². The zero-order chi connectivity index (χ0) is 7.56. The number of phenolic OH excluding ortho intramolecular Hbond substituents is 1. The van der Waals surface area contributed by atoms with Gasteiger partial charge in [-0.15, -0.1) is 0 Å². The molecule has 0 aromatic carbocycles. The predicted molar refractivity (Wildman–Crippen MR) is 37.3 cm³/mol. The summed E-state index contributed by atoms with van der Waals surface area (Å²) in [5, 5.41) is 22.7. The molecular formula is C6H6BO3. The maximum absolute atomic E-state index is 8.69. The normalized spacial score (nSPS) is 9.40. The Kier molecular flexibility index (Phi) is 1.94. The highest BCUT2D eigenvalue weighted by atomic mass is 16.4. The summed E-state index contributed by atoms with van der Waals surface area (Å²) < 4.78 is 0. The molecule has 10 heavy (non-hydrogen) atoms. The van der Waals surface area contributed by atoms with E-state index in [1.165, 1.54) is 5.56 Å². The first kappa shape index (κ1) is 7.12. The van der Waals surface area contributed by atoms with Crippen molar-refractivity contribution in [1.29, 1.82) is 0 Å². The summed E-state index contributed by atoms with van der Waals surface area (Å²) in [7, 11) is 0. The van der Waals surface area contributed by atoms with Crippen molar-refractivity contribution in [3.8, 4) is 16.9 Å². The van der Waals surface area contributed by atoms with Crippen molar-refractivity contribution in [2.75, 3.05) is 0 Å². The van der Waals surface area contributed by atoms with Gasteiger partial charge < -0.3 is 15.2 Å². The topological polar surface area (TPSA) is 60.7 Å². The van der Waals surface area contributed by atoms with Crippen LogP contribution in [0.25, 0.3) is 11.1 Å². The molecule has 0 aromatic rings. The zero-order valence-electron chi connectivity index (χ0n) is 5.15. The highest BCUT2D eigenvalue weighted by Gasteiger charge is 2.14. The van der Waals surface area contributed by atoms with Crippen LogP contribution in [-0.2, 0) is 0 Å². The zero-order valence-corrected chi connectivity index (χ0v) is 5.15. The Bertz CT molecular complexity index is 236. The minimum atomic E-state index is 0. The van der Waals surface area contributed by atoms with Gasteiger partial charge in [-0.05, 0) is 11.6 Å². The number of phenols is 1. The van der Waals surface area contributed by atoms with Crippen molar-refractivity contribution in [2.24, 2.45) is 0 Å². The molecule has 0 fully saturated rings. The van der Waals surface area contributed by atoms with E-state index in [2.05, 4.69) is 0 Å². The van der Waals surface area contributed by atoms with Crippen LogP contribution in [0.5, 0.6) is 5.75 Å². The largest absolute Gasteiger partial charge is 0.507 e. The molecule has 2 aliphatic carbocycles. The van der Waals surface area contributed by atoms with Gasteiger partial charge >= 0.3 is 7.69 Å². The summed E-state index contributed by atoms with van der Waals surface area (Å²) in [5.74, 6) is 0.442. The van der Waals surface area contributed by atoms with Crippen LogP contribution >= 0.6 is 0 Å². The number of aromatic hydroxyl groups is 1. The highest BCUT2D eigenvalue weighted by molar-refractivity contribution is 6.13. The third kappa shape index (κ3) is 0.986. The molecule has 0 amide bonds. The molecule has 0 atom stereocenters. The molecule has 3 N–H and O–H groups in total. The summed E-state index contributed by atoms with van der Waals surface area (Å²) >= 11 is 0. The fraction of sp³-hybridized carbons (Fsp3) is 0. The van der Waals surface area contributed by atoms with Gasteiger partial charge in [-0.25, -0.2) is 0 Å². The first-order chi connectivity index (χ1) is 4.79. The minimum Gasteiger partial charge on any atom is -0.507 e. The maximum atomic E-state index is 8.69. The van der Waals surface area contributed by atoms with Crippen LogP contribution < -0.4 is 0 Å². The SMILES string of the molecule is O[B]O.Oc1cc2ccc1-2. The maximum Gasteiger partial charge on any atom is 0.482 e. The Morgan fingerprint density at radius 1 is 1.20 bits per heavy atom. The lowest BCUT2D eigenvalue weighted by Crippen LogP contribution is -1.88. The third-order valence-corrected chi connectivity index (χ3v) is 1.31. The Hall–Kier alpha value is -0.995. The lowest BCUT2D eigenvalue weighted by molar-refractivity contribution is 0.448. The van der Waals surface area contributed by atoms with Crippen LogP contribution in [0.15, 0.2) is 18.2 Å². The van der Waals surface area contributed by atoms with Crippen molar-refractivity contribution in [2.45, 2.75) is 0 Å². The van der Waals surface area contributed by atoms with Crippen molar-refractivity contribution in [3.63, 3.8) is 0 Å². The van der Waals surface area contributed by atoms with E-state index >= 15 is 0 Å². The van der Waals surface area contributed by atoms with E-state index in [9.17, 15) is 0 Å². The summed E-state index contributed by atoms with van der Waals surface area (Å²) in [5.41, 5.74) is 2.22. The molecule has 0 spiro atoms. The number of rotatable bonds is 0. The first-order valence-corrected chi connectivity index (χ1v) is 2.73. The molecule has 2 aliphatic rings. The smallest absolute Gasteiger partial charge is 0.482 e. The minimum absolute atomic E-state index is 0. The van der Waals surface area contributed by atoms with E-state index in [4.69, 9.17) is 15.2 Å². The van der Waals surface area contributed by atoms with Crippen molar-refractivity contribution < 1.29 is 15.2 Å². The molecule has 0 saturated carbocycles. The van der Waals surface area contributed by atoms with Crippen LogP contribution in [-0.4, -0.2) is 22.8 Å². The Morgan fingerprint density at radius 3 is 1.80 bits per heavy atom. The van der Waals surface area contributed by atoms with Gasteiger partial charge in [0.15, 0.2) is 0 Å². The molecule has 0 aromatic heterocycles. The first-order valence-electron chi connectivity index (χ1n) is 2.73. The molecule has 51 valence electrons. The lowest BCUT2D eigenvalue weighted by Gasteiger charge is -2.14. The van der Waals surface area contributed by atoms with E-state index in [1.54, 1.807) is 6.07 Å². The molecule has 0 heterocycles. The van der Waals surface area contributed by atoms with Crippen LogP contribution in [0, 0.1) is 0 Å². The van der Waals surface area contributed by atoms with E-state index in [0.29, 0.717) is 5.75 Å². The van der Waals surface area contributed by atoms with Crippen molar-refractivity contribution in [3.05, 3.63) is 18.2 Å². The van der Waals surface area contributed by atoms with E-state index < -0.39 is 0 Å². The average Bonchev–Trinajstić information content (AvgIpc) is 1.84. The second-order valence-corrected chi connectivity index (χ2v) is 1.85. The molecule has 0 bridgehead atoms.